The van der Waals surface area contributed by atoms with Crippen molar-refractivity contribution in [3.8, 4) is 17.7 Å². The number of aliphatic hydroxyl groups excluding tert-OH is 1. The number of aliphatic hydroxyl groups is 1. The van der Waals surface area contributed by atoms with Crippen LogP contribution in [0.5, 0.6) is 5.88 Å². The van der Waals surface area contributed by atoms with Gasteiger partial charge in [-0.2, -0.15) is 0 Å². The molecule has 3 heterocycles. The molecule has 0 radical (unpaired) electrons. The summed E-state index contributed by atoms with van der Waals surface area (Å²) in [6.07, 6.45) is 6.21. The molecule has 8 heteroatoms. The highest BCUT2D eigenvalue weighted by atomic mass is 16.5. The number of nitrogens with zero attached hydrogens (tertiary/aromatic N) is 4. The molecule has 0 aliphatic carbocycles. The molecular weight excluding hydrogens is 468 g/mol. The first kappa shape index (κ1) is 28.9. The summed E-state index contributed by atoms with van der Waals surface area (Å²) in [5, 5.41) is 9.85. The van der Waals surface area contributed by atoms with E-state index in [-0.39, 0.29) is 42.4 Å². The summed E-state index contributed by atoms with van der Waals surface area (Å²) in [7, 11) is 1.81. The number of hydrogen-bond donors (Lipinski definition) is 1. The Morgan fingerprint density at radius 3 is 2.68 bits per heavy atom. The van der Waals surface area contributed by atoms with Gasteiger partial charge in [0.05, 0.1) is 19.2 Å². The van der Waals surface area contributed by atoms with E-state index in [1.165, 1.54) is 19.3 Å². The minimum absolute atomic E-state index is 0.0734. The van der Waals surface area contributed by atoms with Gasteiger partial charge in [0.2, 0.25) is 11.8 Å². The molecule has 1 aromatic rings. The number of hydrogen-bond acceptors (Lipinski definition) is 6. The number of piperidine rings is 1. The number of ether oxygens (including phenoxy) is 1. The minimum Gasteiger partial charge on any atom is -0.472 e. The van der Waals surface area contributed by atoms with Crippen molar-refractivity contribution in [3.63, 3.8) is 0 Å². The van der Waals surface area contributed by atoms with E-state index >= 15 is 0 Å². The fraction of sp³-hybridized carbons (Fsp3) is 0.690. The highest BCUT2D eigenvalue weighted by molar-refractivity contribution is 5.97. The lowest BCUT2D eigenvalue weighted by Gasteiger charge is -2.37. The number of carbonyl (C=O) groups is 2. The van der Waals surface area contributed by atoms with Gasteiger partial charge in [-0.3, -0.25) is 9.59 Å². The highest BCUT2D eigenvalue weighted by Gasteiger charge is 2.34. The Bertz CT molecular complexity index is 980. The Balaban J connectivity index is 1.79. The normalized spacial score (nSPS) is 21.3. The molecule has 0 bridgehead atoms. The molecule has 0 unspecified atom stereocenters. The number of carbonyl (C=O) groups excluding carboxylic acids is 2. The largest absolute Gasteiger partial charge is 0.472 e. The van der Waals surface area contributed by atoms with Crippen molar-refractivity contribution in [1.29, 1.82) is 0 Å². The Morgan fingerprint density at radius 1 is 1.27 bits per heavy atom. The first-order valence-corrected chi connectivity index (χ1v) is 13.7. The van der Waals surface area contributed by atoms with Crippen LogP contribution in [0.2, 0.25) is 0 Å². The van der Waals surface area contributed by atoms with E-state index < -0.39 is 0 Å². The summed E-state index contributed by atoms with van der Waals surface area (Å²) >= 11 is 0. The third kappa shape index (κ3) is 8.18. The second-order valence-corrected chi connectivity index (χ2v) is 11.0. The van der Waals surface area contributed by atoms with E-state index in [0.717, 1.165) is 26.1 Å². The topological polar surface area (TPSA) is 86.2 Å². The average Bonchev–Trinajstić information content (AvgIpc) is 2.89. The van der Waals surface area contributed by atoms with Crippen molar-refractivity contribution < 1.29 is 19.4 Å². The lowest BCUT2D eigenvalue weighted by molar-refractivity contribution is -0.131. The van der Waals surface area contributed by atoms with Gasteiger partial charge in [-0.15, -0.1) is 0 Å². The van der Waals surface area contributed by atoms with Crippen LogP contribution in [0.3, 0.4) is 0 Å². The van der Waals surface area contributed by atoms with E-state index in [0.29, 0.717) is 36.6 Å². The van der Waals surface area contributed by atoms with Gasteiger partial charge in [0.25, 0.3) is 5.91 Å². The molecule has 3 atom stereocenters. The molecule has 1 saturated heterocycles. The van der Waals surface area contributed by atoms with Crippen LogP contribution >= 0.6 is 0 Å². The molecule has 1 fully saturated rings. The summed E-state index contributed by atoms with van der Waals surface area (Å²) in [4.78, 5) is 36.7. The predicted molar refractivity (Wildman–Crippen MR) is 144 cm³/mol. The third-order valence-corrected chi connectivity index (χ3v) is 7.23. The molecule has 2 amide bonds. The van der Waals surface area contributed by atoms with E-state index in [9.17, 15) is 14.7 Å². The lowest BCUT2D eigenvalue weighted by atomic mass is 9.99. The van der Waals surface area contributed by atoms with Gasteiger partial charge < -0.3 is 24.5 Å². The molecule has 0 saturated carbocycles. The fourth-order valence-electron chi connectivity index (χ4n) is 4.75. The number of fused-ring (bicyclic) bond motifs is 1. The van der Waals surface area contributed by atoms with Gasteiger partial charge >= 0.3 is 0 Å². The van der Waals surface area contributed by atoms with Crippen molar-refractivity contribution >= 4 is 11.8 Å². The van der Waals surface area contributed by atoms with Crippen LogP contribution in [0, 0.1) is 23.7 Å². The standard InChI is InChI=1S/C29H44N4O4/c1-21(2)10-9-11-24-16-25-28(30-17-24)37-26(22(3)18-33(29(25)36)23(4)20-34)19-31(5)27(35)12-15-32-13-7-6-8-14-32/h16-17,21-23,26,34H,6-8,10,12-15,18-20H2,1-5H3/t22-,23+,26-/m1/s1. The second kappa shape index (κ2) is 13.8. The Morgan fingerprint density at radius 2 is 2.00 bits per heavy atom. The average molecular weight is 513 g/mol. The summed E-state index contributed by atoms with van der Waals surface area (Å²) in [5.74, 6) is 6.74. The number of aromatic nitrogens is 1. The first-order valence-electron chi connectivity index (χ1n) is 13.7. The van der Waals surface area contributed by atoms with Crippen LogP contribution < -0.4 is 4.74 Å². The first-order chi connectivity index (χ1) is 17.7. The maximum absolute atomic E-state index is 13.5. The van der Waals surface area contributed by atoms with Crippen LogP contribution in [0.15, 0.2) is 12.3 Å². The van der Waals surface area contributed by atoms with Crippen LogP contribution in [0.25, 0.3) is 0 Å². The van der Waals surface area contributed by atoms with Crippen molar-refractivity contribution in [2.75, 3.05) is 46.4 Å². The molecule has 1 N–H and O–H groups in total. The van der Waals surface area contributed by atoms with Crippen molar-refractivity contribution in [2.24, 2.45) is 11.8 Å². The molecule has 0 aromatic carbocycles. The number of likely N-dealkylation sites (N-methyl/N-ethyl adjacent to an activating group) is 1. The molecule has 3 rings (SSSR count). The van der Waals surface area contributed by atoms with Gasteiger partial charge in [-0.25, -0.2) is 4.98 Å². The van der Waals surface area contributed by atoms with Crippen LogP contribution in [-0.4, -0.2) is 95.1 Å². The smallest absolute Gasteiger partial charge is 0.259 e. The summed E-state index contributed by atoms with van der Waals surface area (Å²) in [5.41, 5.74) is 0.996. The zero-order valence-electron chi connectivity index (χ0n) is 23.2. The van der Waals surface area contributed by atoms with E-state index in [1.807, 2.05) is 20.9 Å². The van der Waals surface area contributed by atoms with Gasteiger partial charge in [0, 0.05) is 50.7 Å². The van der Waals surface area contributed by atoms with Crippen LogP contribution in [0.4, 0.5) is 0 Å². The molecule has 8 nitrogen and oxygen atoms in total. The molecule has 204 valence electrons. The maximum atomic E-state index is 13.5. The fourth-order valence-corrected chi connectivity index (χ4v) is 4.75. The van der Waals surface area contributed by atoms with Gasteiger partial charge in [0.15, 0.2) is 0 Å². The maximum Gasteiger partial charge on any atom is 0.259 e. The zero-order chi connectivity index (χ0) is 26.9. The van der Waals surface area contributed by atoms with E-state index in [1.54, 1.807) is 22.1 Å². The summed E-state index contributed by atoms with van der Waals surface area (Å²) in [6, 6.07) is 1.37. The third-order valence-electron chi connectivity index (χ3n) is 7.23. The number of pyridine rings is 1. The number of likely N-dealkylation sites (tertiary alicyclic amines) is 1. The van der Waals surface area contributed by atoms with Gasteiger partial charge in [-0.05, 0) is 44.8 Å². The summed E-state index contributed by atoms with van der Waals surface area (Å²) in [6.45, 7) is 11.6. The Hall–Kier alpha value is -2.63. The molecule has 2 aliphatic heterocycles. The Labute approximate surface area is 222 Å². The van der Waals surface area contributed by atoms with Crippen molar-refractivity contribution in [1.82, 2.24) is 19.7 Å². The number of amides is 2. The van der Waals surface area contributed by atoms with E-state index in [2.05, 4.69) is 35.6 Å². The predicted octanol–water partition coefficient (Wildman–Crippen LogP) is 3.03. The number of rotatable bonds is 8. The zero-order valence-corrected chi connectivity index (χ0v) is 23.2. The molecule has 0 spiro atoms. The van der Waals surface area contributed by atoms with E-state index in [4.69, 9.17) is 4.74 Å². The van der Waals surface area contributed by atoms with Crippen LogP contribution in [-0.2, 0) is 4.79 Å². The highest BCUT2D eigenvalue weighted by Crippen LogP contribution is 2.27. The van der Waals surface area contributed by atoms with Gasteiger partial charge in [0.1, 0.15) is 11.7 Å². The SMILES string of the molecule is CC(C)CC#Cc1cnc2c(c1)C(=O)N([C@@H](C)CO)C[C@@H](C)[C@@H](CN(C)C(=O)CCN1CCCCC1)O2. The van der Waals surface area contributed by atoms with Gasteiger partial charge in [-0.1, -0.05) is 39.0 Å². The molecule has 1 aromatic heterocycles. The summed E-state index contributed by atoms with van der Waals surface area (Å²) < 4.78 is 6.32. The molecular formula is C29H44N4O4. The van der Waals surface area contributed by atoms with Crippen molar-refractivity contribution in [2.45, 2.75) is 71.9 Å². The minimum atomic E-state index is -0.360. The molecule has 37 heavy (non-hydrogen) atoms. The van der Waals surface area contributed by atoms with Crippen molar-refractivity contribution in [3.05, 3.63) is 23.4 Å². The Kier molecular flexibility index (Phi) is 10.8. The lowest BCUT2D eigenvalue weighted by Crippen LogP contribution is -2.50. The second-order valence-electron chi connectivity index (χ2n) is 11.0. The quantitative estimate of drug-likeness (QED) is 0.539. The van der Waals surface area contributed by atoms with Crippen LogP contribution in [0.1, 0.15) is 75.7 Å². The molecule has 2 aliphatic rings. The monoisotopic (exact) mass is 512 g/mol.